The van der Waals surface area contributed by atoms with Crippen molar-refractivity contribution in [2.45, 2.75) is 80.0 Å². The second kappa shape index (κ2) is 16.1. The smallest absolute Gasteiger partial charge is 0.548 e. The van der Waals surface area contributed by atoms with Gasteiger partial charge in [-0.3, -0.25) is 19.6 Å². The Bertz CT molecular complexity index is 2650. The predicted molar refractivity (Wildman–Crippen MR) is 215 cm³/mol. The molecule has 2 aromatic carbocycles. The zero-order chi connectivity index (χ0) is 42.8. The van der Waals surface area contributed by atoms with Crippen molar-refractivity contribution in [3.8, 4) is 0 Å². The Kier molecular flexibility index (Phi) is 12.0. The fourth-order valence-corrected chi connectivity index (χ4v) is 12.2. The Morgan fingerprint density at radius 3 is 1.45 bits per heavy atom. The van der Waals surface area contributed by atoms with Crippen LogP contribution in [0.5, 0.6) is 0 Å². The molecule has 17 heteroatoms. The first kappa shape index (κ1) is 44.5. The number of aliphatic carboxylic acids is 1. The first-order valence-electron chi connectivity index (χ1n) is 18.6. The molecule has 0 N–H and O–H groups in total. The van der Waals surface area contributed by atoms with E-state index in [1.165, 1.54) is 39.8 Å². The van der Waals surface area contributed by atoms with E-state index in [9.17, 15) is 41.1 Å². The Hall–Kier alpha value is -5.00. The molecule has 306 valence electrons. The molecule has 4 atom stereocenters. The van der Waals surface area contributed by atoms with Gasteiger partial charge in [0, 0.05) is 12.4 Å². The van der Waals surface area contributed by atoms with Crippen molar-refractivity contribution < 1.29 is 75.4 Å². The van der Waals surface area contributed by atoms with Crippen molar-refractivity contribution in [1.82, 2.24) is 19.8 Å². The number of pyridine rings is 2. The monoisotopic (exact) mass is 860 g/mol. The largest absolute Gasteiger partial charge is 1.00 e. The number of carboxylic acids is 1. The molecule has 0 spiro atoms. The number of carbonyl (C=O) groups excluding carboxylic acids is 4. The van der Waals surface area contributed by atoms with Gasteiger partial charge in [-0.1, -0.05) is 60.7 Å². The maximum Gasteiger partial charge on any atom is 1.00 e. The third-order valence-corrected chi connectivity index (χ3v) is 16.8. The minimum Gasteiger partial charge on any atom is -0.548 e. The molecule has 0 aliphatic carbocycles. The molecule has 0 bridgehead atoms. The molecule has 0 saturated carbocycles. The third-order valence-electron chi connectivity index (χ3n) is 11.3. The Morgan fingerprint density at radius 1 is 0.683 bits per heavy atom. The third kappa shape index (κ3) is 7.21. The zero-order valence-corrected chi connectivity index (χ0v) is 37.6. The van der Waals surface area contributed by atoms with Crippen LogP contribution in [0.15, 0.2) is 108 Å². The molecule has 4 aromatic rings. The molecule has 6 heterocycles. The summed E-state index contributed by atoms with van der Waals surface area (Å²) in [6.07, 6.45) is 5.31. The molecule has 4 saturated heterocycles. The summed E-state index contributed by atoms with van der Waals surface area (Å²) in [5, 5.41) is 8.88. The van der Waals surface area contributed by atoms with E-state index in [-0.39, 0.29) is 40.7 Å². The van der Waals surface area contributed by atoms with Crippen LogP contribution in [0.4, 0.5) is 0 Å². The number of ether oxygens (including phenoxy) is 1. The van der Waals surface area contributed by atoms with Gasteiger partial charge in [-0.2, -0.15) is 0 Å². The summed E-state index contributed by atoms with van der Waals surface area (Å²) in [6, 6.07) is 22.8. The van der Waals surface area contributed by atoms with Gasteiger partial charge in [-0.25, -0.2) is 21.6 Å². The normalized spacial score (nSPS) is 24.9. The Labute approximate surface area is 370 Å². The number of amides is 2. The fraction of sp³-hybridized carbons (Fsp3) is 0.302. The number of esters is 1. The van der Waals surface area contributed by atoms with Gasteiger partial charge < -0.3 is 24.4 Å². The number of hydrogen-bond acceptors (Lipinski definition) is 12. The summed E-state index contributed by atoms with van der Waals surface area (Å²) in [7, 11) is -7.81. The maximum absolute atomic E-state index is 13.6. The molecular formula is C43H41N4NaO10S2. The summed E-state index contributed by atoms with van der Waals surface area (Å²) in [4.78, 5) is 60.8. The zero-order valence-electron chi connectivity index (χ0n) is 34.0. The van der Waals surface area contributed by atoms with Crippen molar-refractivity contribution >= 4 is 55.6 Å². The first-order valence-corrected chi connectivity index (χ1v) is 21.7. The van der Waals surface area contributed by atoms with Crippen LogP contribution in [0.25, 0.3) is 12.2 Å². The Balaban J connectivity index is 0.000000218. The molecule has 8 rings (SSSR count). The molecule has 2 amide bonds. The van der Waals surface area contributed by atoms with Crippen LogP contribution in [0.2, 0.25) is 0 Å². The molecule has 60 heavy (non-hydrogen) atoms. The van der Waals surface area contributed by atoms with Crippen LogP contribution in [-0.4, -0.2) is 92.7 Å². The number of carbonyl (C=O) groups is 4. The maximum atomic E-state index is 13.6. The number of hydrogen-bond donors (Lipinski definition) is 0. The van der Waals surface area contributed by atoms with E-state index >= 15 is 0 Å². The van der Waals surface area contributed by atoms with Gasteiger partial charge in [0.05, 0.1) is 39.3 Å². The van der Waals surface area contributed by atoms with Gasteiger partial charge >= 0.3 is 35.5 Å². The van der Waals surface area contributed by atoms with E-state index in [1.54, 1.807) is 30.6 Å². The molecule has 2 aromatic heterocycles. The molecule has 0 radical (unpaired) electrons. The number of fused-ring (bicyclic) bond motifs is 2. The van der Waals surface area contributed by atoms with Gasteiger partial charge in [0.25, 0.3) is 11.8 Å². The number of carboxylic acid groups (broad SMARTS) is 1. The molecular weight excluding hydrogens is 820 g/mol. The van der Waals surface area contributed by atoms with Crippen LogP contribution >= 0.6 is 0 Å². The van der Waals surface area contributed by atoms with Crippen LogP contribution < -0.4 is 34.7 Å². The van der Waals surface area contributed by atoms with Crippen LogP contribution in [0, 0.1) is 13.8 Å². The number of sulfone groups is 2. The second-order valence-electron chi connectivity index (χ2n) is 15.9. The standard InChI is InChI=1S/C28H26N2O5S.C15H16N2O5S.Na/c1-18-14-15-29-21(16-18)17-22-25(31)30-24(28(2,3)36(33,34)26(22)30)27(32)35-23(19-10-6-4-7-11-19)20-12-8-5-9-13-20;1-8-4-5-16-9(6-8)7-10-12(18)17-11(14(19)20)15(2,3)23(21,22)13(10)17;/h4-17,23-24,26H,1-3H3;4-7,11,13H,1-3H3,(H,19,20);/q;;+1/p-1/b22-17-;10-7-;/t24-,26+;11-,13+;/m00./s1. The minimum atomic E-state index is -3.93. The van der Waals surface area contributed by atoms with E-state index < -0.39 is 81.9 Å². The van der Waals surface area contributed by atoms with E-state index in [4.69, 9.17) is 4.74 Å². The van der Waals surface area contributed by atoms with Gasteiger partial charge in [0.2, 0.25) is 0 Å². The summed E-state index contributed by atoms with van der Waals surface area (Å²) < 4.78 is 55.3. The van der Waals surface area contributed by atoms with Crippen molar-refractivity contribution in [3.05, 3.63) is 142 Å². The average Bonchev–Trinajstić information content (AvgIpc) is 3.43. The molecule has 14 nitrogen and oxygen atoms in total. The molecule has 4 fully saturated rings. The number of rotatable bonds is 7. The predicted octanol–water partition coefficient (Wildman–Crippen LogP) is 0.121. The van der Waals surface area contributed by atoms with Crippen LogP contribution in [0.1, 0.15) is 67.4 Å². The summed E-state index contributed by atoms with van der Waals surface area (Å²) in [6.45, 7) is 9.29. The van der Waals surface area contributed by atoms with Gasteiger partial charge in [0.1, 0.15) is 4.75 Å². The van der Waals surface area contributed by atoms with Crippen molar-refractivity contribution in [2.75, 3.05) is 0 Å². The SMILES string of the molecule is Cc1ccnc(/C=C2/C(=O)N3[C@@H](C(=O)OC(c4ccccc4)c4ccccc4)C(C)(C)S(=O)(=O)[C@H]23)c1.Cc1ccnc(/C=C2/C(=O)N3[C@@H](C(=O)[O-])C(C)(C)S(=O)(=O)[C@H]23)c1.[Na+]. The number of aryl methyl sites for hydroxylation is 2. The molecule has 0 unspecified atom stereocenters. The summed E-state index contributed by atoms with van der Waals surface area (Å²) in [5.74, 6) is -3.44. The Morgan fingerprint density at radius 2 is 1.07 bits per heavy atom. The molecule has 4 aliphatic heterocycles. The van der Waals surface area contributed by atoms with Gasteiger partial charge in [-0.05, 0) is 100 Å². The van der Waals surface area contributed by atoms with E-state index in [0.29, 0.717) is 11.4 Å². The fourth-order valence-electron chi connectivity index (χ4n) is 8.01. The second-order valence-corrected chi connectivity index (χ2v) is 21.1. The quantitative estimate of drug-likeness (QED) is 0.105. The van der Waals surface area contributed by atoms with Crippen molar-refractivity contribution in [2.24, 2.45) is 0 Å². The molecule has 4 aliphatic rings. The first-order chi connectivity index (χ1) is 27.7. The van der Waals surface area contributed by atoms with E-state index in [2.05, 4.69) is 9.97 Å². The van der Waals surface area contributed by atoms with Crippen molar-refractivity contribution in [1.29, 1.82) is 0 Å². The summed E-state index contributed by atoms with van der Waals surface area (Å²) in [5.41, 5.74) is 4.44. The van der Waals surface area contributed by atoms with Crippen LogP contribution in [-0.2, 0) is 43.6 Å². The number of β-lactam (4-membered cyclic amide) rings is 2. The van der Waals surface area contributed by atoms with Gasteiger partial charge in [-0.15, -0.1) is 0 Å². The topological polar surface area (TPSA) is 201 Å². The van der Waals surface area contributed by atoms with Gasteiger partial charge in [0.15, 0.2) is 42.6 Å². The summed E-state index contributed by atoms with van der Waals surface area (Å²) >= 11 is 0. The number of aromatic nitrogens is 2. The minimum absolute atomic E-state index is 0. The average molecular weight is 861 g/mol. The number of benzene rings is 2. The van der Waals surface area contributed by atoms with E-state index in [1.807, 2.05) is 80.6 Å². The van der Waals surface area contributed by atoms with Crippen molar-refractivity contribution in [3.63, 3.8) is 0 Å². The number of nitrogens with zero attached hydrogens (tertiary/aromatic N) is 4. The van der Waals surface area contributed by atoms with Crippen LogP contribution in [0.3, 0.4) is 0 Å². The van der Waals surface area contributed by atoms with E-state index in [0.717, 1.165) is 32.1 Å².